The van der Waals surface area contributed by atoms with Gasteiger partial charge in [0.2, 0.25) is 5.43 Å². The first-order valence-corrected chi connectivity index (χ1v) is 11.9. The van der Waals surface area contributed by atoms with Crippen LogP contribution < -0.4 is 10.3 Å². The van der Waals surface area contributed by atoms with E-state index in [2.05, 4.69) is 44.1 Å². The highest BCUT2D eigenvalue weighted by Crippen LogP contribution is 2.23. The van der Waals surface area contributed by atoms with Crippen LogP contribution in [0, 0.1) is 0 Å². The molecular weight excluding hydrogens is 440 g/mol. The highest BCUT2D eigenvalue weighted by Gasteiger charge is 2.21. The van der Waals surface area contributed by atoms with Crippen molar-refractivity contribution >= 4 is 5.69 Å². The Kier molecular flexibility index (Phi) is 6.41. The van der Waals surface area contributed by atoms with Crippen LogP contribution in [-0.2, 0) is 13.5 Å². The van der Waals surface area contributed by atoms with Crippen LogP contribution in [0.3, 0.4) is 0 Å². The molecule has 1 aromatic carbocycles. The fourth-order valence-electron chi connectivity index (χ4n) is 4.53. The number of nitrogens with zero attached hydrogens (tertiary/aromatic N) is 8. The smallest absolute Gasteiger partial charge is 0.203 e. The van der Waals surface area contributed by atoms with Crippen molar-refractivity contribution in [2.75, 3.05) is 32.1 Å². The summed E-state index contributed by atoms with van der Waals surface area (Å²) in [6.45, 7) is 2.03. The van der Waals surface area contributed by atoms with Gasteiger partial charge < -0.3 is 9.80 Å². The first-order valence-electron chi connectivity index (χ1n) is 11.9. The second-order valence-corrected chi connectivity index (χ2v) is 9.27. The average Bonchev–Trinajstić information content (AvgIpc) is 3.32. The van der Waals surface area contributed by atoms with Crippen LogP contribution in [0.4, 0.5) is 5.69 Å². The first-order chi connectivity index (χ1) is 17.0. The monoisotopic (exact) mass is 470 g/mol. The second kappa shape index (κ2) is 9.79. The minimum absolute atomic E-state index is 0.0887. The molecule has 5 rings (SSSR count). The van der Waals surface area contributed by atoms with Crippen molar-refractivity contribution in [2.45, 2.75) is 25.3 Å². The predicted molar refractivity (Wildman–Crippen MR) is 136 cm³/mol. The normalized spacial score (nSPS) is 14.6. The van der Waals surface area contributed by atoms with Crippen LogP contribution in [0.25, 0.3) is 17.1 Å². The molecule has 1 fully saturated rings. The highest BCUT2D eigenvalue weighted by molar-refractivity contribution is 5.58. The van der Waals surface area contributed by atoms with Crippen molar-refractivity contribution < 1.29 is 0 Å². The van der Waals surface area contributed by atoms with E-state index in [4.69, 9.17) is 0 Å². The quantitative estimate of drug-likeness (QED) is 0.428. The fraction of sp³-hybridized carbons (Fsp3) is 0.346. The van der Waals surface area contributed by atoms with E-state index < -0.39 is 0 Å². The van der Waals surface area contributed by atoms with Gasteiger partial charge in [-0.05, 0) is 38.6 Å². The molecule has 1 aliphatic heterocycles. The SMILES string of the molecule is CN(C)C1CCN(c2cnc(-c3cccc(Cc4nn(-c5cnn(C)c5)ccc4=O)c3)nc2)CC1. The Balaban J connectivity index is 1.31. The van der Waals surface area contributed by atoms with Gasteiger partial charge >= 0.3 is 0 Å². The Morgan fingerprint density at radius 1 is 1.03 bits per heavy atom. The number of hydrogen-bond acceptors (Lipinski definition) is 7. The van der Waals surface area contributed by atoms with Crippen LogP contribution in [0.15, 0.2) is 66.1 Å². The van der Waals surface area contributed by atoms with Crippen molar-refractivity contribution in [3.63, 3.8) is 0 Å². The Hall–Kier alpha value is -3.85. The van der Waals surface area contributed by atoms with E-state index in [1.54, 1.807) is 27.8 Å². The summed E-state index contributed by atoms with van der Waals surface area (Å²) in [7, 11) is 6.15. The molecule has 0 saturated carbocycles. The summed E-state index contributed by atoms with van der Waals surface area (Å²) in [6.07, 6.45) is 11.8. The van der Waals surface area contributed by atoms with E-state index in [0.717, 1.165) is 48.4 Å². The van der Waals surface area contributed by atoms with Gasteiger partial charge in [0.1, 0.15) is 11.4 Å². The fourth-order valence-corrected chi connectivity index (χ4v) is 4.53. The number of hydrogen-bond donors (Lipinski definition) is 0. The summed E-state index contributed by atoms with van der Waals surface area (Å²) in [5, 5.41) is 8.72. The molecule has 1 saturated heterocycles. The Labute approximate surface area is 204 Å². The maximum Gasteiger partial charge on any atom is 0.203 e. The molecule has 4 heterocycles. The first kappa shape index (κ1) is 22.9. The van der Waals surface area contributed by atoms with Gasteiger partial charge in [0.15, 0.2) is 5.82 Å². The maximum absolute atomic E-state index is 12.5. The van der Waals surface area contributed by atoms with Crippen molar-refractivity contribution in [2.24, 2.45) is 7.05 Å². The molecule has 0 spiro atoms. The number of rotatable bonds is 6. The Bertz CT molecular complexity index is 1350. The van der Waals surface area contributed by atoms with E-state index in [1.165, 1.54) is 0 Å². The number of aromatic nitrogens is 6. The number of benzene rings is 1. The number of piperidine rings is 1. The third-order valence-electron chi connectivity index (χ3n) is 6.59. The Morgan fingerprint density at radius 2 is 1.80 bits per heavy atom. The highest BCUT2D eigenvalue weighted by atomic mass is 16.1. The van der Waals surface area contributed by atoms with Gasteiger partial charge in [0.25, 0.3) is 0 Å². The Morgan fingerprint density at radius 3 is 2.49 bits per heavy atom. The molecule has 0 amide bonds. The summed E-state index contributed by atoms with van der Waals surface area (Å²) >= 11 is 0. The molecule has 1 aliphatic rings. The zero-order chi connectivity index (χ0) is 24.4. The van der Waals surface area contributed by atoms with Gasteiger partial charge in [0.05, 0.1) is 30.5 Å². The van der Waals surface area contributed by atoms with Gasteiger partial charge in [-0.15, -0.1) is 0 Å². The molecule has 180 valence electrons. The van der Waals surface area contributed by atoms with Crippen molar-refractivity contribution in [3.8, 4) is 17.1 Å². The lowest BCUT2D eigenvalue weighted by molar-refractivity contribution is 0.249. The molecule has 0 aliphatic carbocycles. The lowest BCUT2D eigenvalue weighted by Gasteiger charge is -2.36. The van der Waals surface area contributed by atoms with Crippen molar-refractivity contribution in [1.82, 2.24) is 34.4 Å². The molecule has 0 unspecified atom stereocenters. The second-order valence-electron chi connectivity index (χ2n) is 9.27. The third kappa shape index (κ3) is 5.14. The molecule has 0 atom stereocenters. The minimum Gasteiger partial charge on any atom is -0.369 e. The standard InChI is InChI=1S/C26H30N8O/c1-31(2)21-7-10-33(11-8-21)22-15-27-26(28-16-22)20-6-4-5-19(13-20)14-24-25(35)9-12-34(30-24)23-17-29-32(3)18-23/h4-6,9,12-13,15-18,21H,7-8,10-11,14H2,1-3H3. The summed E-state index contributed by atoms with van der Waals surface area (Å²) in [6, 6.07) is 10.2. The third-order valence-corrected chi connectivity index (χ3v) is 6.59. The van der Waals surface area contributed by atoms with Crippen LogP contribution in [0.2, 0.25) is 0 Å². The molecular formula is C26H30N8O. The van der Waals surface area contributed by atoms with Crippen LogP contribution in [-0.4, -0.2) is 67.7 Å². The number of aryl methyl sites for hydroxylation is 1. The predicted octanol–water partition coefficient (Wildman–Crippen LogP) is 2.54. The van der Waals surface area contributed by atoms with Crippen molar-refractivity contribution in [3.05, 3.63) is 82.8 Å². The van der Waals surface area contributed by atoms with Gasteiger partial charge in [-0.3, -0.25) is 9.48 Å². The number of anilines is 1. The molecule has 9 heteroatoms. The summed E-state index contributed by atoms with van der Waals surface area (Å²) < 4.78 is 3.38. The maximum atomic E-state index is 12.5. The molecule has 0 N–H and O–H groups in total. The van der Waals surface area contributed by atoms with E-state index in [9.17, 15) is 4.79 Å². The summed E-state index contributed by atoms with van der Waals surface area (Å²) in [4.78, 5) is 26.4. The minimum atomic E-state index is -0.0887. The zero-order valence-electron chi connectivity index (χ0n) is 20.4. The molecule has 9 nitrogen and oxygen atoms in total. The summed E-state index contributed by atoms with van der Waals surface area (Å²) in [5.41, 5.74) is 4.16. The van der Waals surface area contributed by atoms with Gasteiger partial charge in [-0.1, -0.05) is 18.2 Å². The summed E-state index contributed by atoms with van der Waals surface area (Å²) in [5.74, 6) is 0.674. The van der Waals surface area contributed by atoms with Crippen LogP contribution in [0.5, 0.6) is 0 Å². The van der Waals surface area contributed by atoms with E-state index >= 15 is 0 Å². The average molecular weight is 471 g/mol. The van der Waals surface area contributed by atoms with E-state index in [0.29, 0.717) is 24.0 Å². The van der Waals surface area contributed by atoms with E-state index in [1.807, 2.05) is 49.9 Å². The lowest BCUT2D eigenvalue weighted by atomic mass is 10.0. The van der Waals surface area contributed by atoms with Crippen LogP contribution >= 0.6 is 0 Å². The van der Waals surface area contributed by atoms with Gasteiger partial charge in [-0.2, -0.15) is 10.2 Å². The topological polar surface area (TPSA) is 85.0 Å². The molecule has 0 bridgehead atoms. The zero-order valence-corrected chi connectivity index (χ0v) is 20.4. The molecule has 4 aromatic rings. The largest absolute Gasteiger partial charge is 0.369 e. The van der Waals surface area contributed by atoms with Crippen LogP contribution in [0.1, 0.15) is 24.1 Å². The van der Waals surface area contributed by atoms with Gasteiger partial charge in [-0.25, -0.2) is 14.6 Å². The van der Waals surface area contributed by atoms with Crippen molar-refractivity contribution in [1.29, 1.82) is 0 Å². The van der Waals surface area contributed by atoms with E-state index in [-0.39, 0.29) is 5.43 Å². The molecule has 35 heavy (non-hydrogen) atoms. The van der Waals surface area contributed by atoms with Gasteiger partial charge in [0, 0.05) is 50.4 Å². The molecule has 0 radical (unpaired) electrons. The molecule has 3 aromatic heterocycles. The lowest BCUT2D eigenvalue weighted by Crippen LogP contribution is -2.42.